The molecule has 1 unspecified atom stereocenters. The molecule has 0 heterocycles. The molecule has 0 aliphatic heterocycles. The van der Waals surface area contributed by atoms with E-state index in [1.165, 1.54) is 6.07 Å². The van der Waals surface area contributed by atoms with E-state index in [9.17, 15) is 14.0 Å². The molecule has 1 aromatic rings. The number of carbonyl (C=O) groups excluding carboxylic acids is 1. The zero-order valence-corrected chi connectivity index (χ0v) is 10.1. The van der Waals surface area contributed by atoms with Crippen molar-refractivity contribution in [2.24, 2.45) is 5.92 Å². The number of carbonyl (C=O) groups is 2. The predicted octanol–water partition coefficient (Wildman–Crippen LogP) is 1.60. The third-order valence-corrected chi connectivity index (χ3v) is 2.63. The average Bonchev–Trinajstić information content (AvgIpc) is 2.32. The van der Waals surface area contributed by atoms with Gasteiger partial charge in [0, 0.05) is 6.54 Å². The van der Waals surface area contributed by atoms with Crippen LogP contribution in [-0.2, 0) is 16.0 Å². The van der Waals surface area contributed by atoms with Gasteiger partial charge in [-0.3, -0.25) is 9.59 Å². The van der Waals surface area contributed by atoms with Gasteiger partial charge in [-0.1, -0.05) is 25.1 Å². The summed E-state index contributed by atoms with van der Waals surface area (Å²) < 4.78 is 13.2. The number of hydrogen-bond acceptors (Lipinski definition) is 2. The summed E-state index contributed by atoms with van der Waals surface area (Å²) in [6, 6.07) is 6.08. The van der Waals surface area contributed by atoms with Crippen molar-refractivity contribution in [3.8, 4) is 0 Å². The zero-order chi connectivity index (χ0) is 13.5. The standard InChI is InChI=1S/C13H16FNO3/c1-9(13(17)18)6-7-15-12(16)8-10-4-2-3-5-11(10)14/h2-5,9H,6-8H2,1H3,(H,15,16)(H,17,18). The molecule has 0 saturated carbocycles. The molecule has 1 atom stereocenters. The van der Waals surface area contributed by atoms with Crippen molar-refractivity contribution >= 4 is 11.9 Å². The van der Waals surface area contributed by atoms with Gasteiger partial charge in [-0.05, 0) is 18.1 Å². The van der Waals surface area contributed by atoms with E-state index in [-0.39, 0.29) is 18.9 Å². The van der Waals surface area contributed by atoms with Crippen LogP contribution in [-0.4, -0.2) is 23.5 Å². The Morgan fingerprint density at radius 2 is 2.06 bits per heavy atom. The molecule has 98 valence electrons. The summed E-state index contributed by atoms with van der Waals surface area (Å²) in [7, 11) is 0. The lowest BCUT2D eigenvalue weighted by Crippen LogP contribution is -2.28. The van der Waals surface area contributed by atoms with Crippen LogP contribution in [0.5, 0.6) is 0 Å². The maximum atomic E-state index is 13.2. The Labute approximate surface area is 105 Å². The molecule has 1 rings (SSSR count). The van der Waals surface area contributed by atoms with Gasteiger partial charge in [0.25, 0.3) is 0 Å². The smallest absolute Gasteiger partial charge is 0.306 e. The first-order chi connectivity index (χ1) is 8.50. The third kappa shape index (κ3) is 4.53. The van der Waals surface area contributed by atoms with E-state index >= 15 is 0 Å². The fraction of sp³-hybridized carbons (Fsp3) is 0.385. The molecule has 0 aliphatic carbocycles. The summed E-state index contributed by atoms with van der Waals surface area (Å²) in [6.07, 6.45) is 0.326. The molecule has 0 aliphatic rings. The molecule has 2 N–H and O–H groups in total. The second-order valence-corrected chi connectivity index (χ2v) is 4.15. The first-order valence-corrected chi connectivity index (χ1v) is 5.73. The summed E-state index contributed by atoms with van der Waals surface area (Å²) in [5.74, 6) is -2.11. The molecule has 0 aromatic heterocycles. The number of carboxylic acid groups (broad SMARTS) is 1. The first-order valence-electron chi connectivity index (χ1n) is 5.73. The van der Waals surface area contributed by atoms with Crippen molar-refractivity contribution in [3.05, 3.63) is 35.6 Å². The van der Waals surface area contributed by atoms with Crippen molar-refractivity contribution < 1.29 is 19.1 Å². The average molecular weight is 253 g/mol. The van der Waals surface area contributed by atoms with Gasteiger partial charge in [-0.15, -0.1) is 0 Å². The van der Waals surface area contributed by atoms with E-state index in [4.69, 9.17) is 5.11 Å². The Bertz CT molecular complexity index is 434. The molecule has 4 nitrogen and oxygen atoms in total. The Balaban J connectivity index is 2.35. The quantitative estimate of drug-likeness (QED) is 0.809. The van der Waals surface area contributed by atoms with Crippen LogP contribution >= 0.6 is 0 Å². The van der Waals surface area contributed by atoms with Crippen molar-refractivity contribution in [2.45, 2.75) is 19.8 Å². The van der Waals surface area contributed by atoms with Crippen LogP contribution in [0, 0.1) is 11.7 Å². The second-order valence-electron chi connectivity index (χ2n) is 4.15. The summed E-state index contributed by atoms with van der Waals surface area (Å²) >= 11 is 0. The van der Waals surface area contributed by atoms with Crippen LogP contribution in [0.15, 0.2) is 24.3 Å². The lowest BCUT2D eigenvalue weighted by atomic mass is 10.1. The van der Waals surface area contributed by atoms with Crippen molar-refractivity contribution in [3.63, 3.8) is 0 Å². The van der Waals surface area contributed by atoms with Gasteiger partial charge in [0.1, 0.15) is 5.82 Å². The molecular formula is C13H16FNO3. The molecule has 18 heavy (non-hydrogen) atoms. The van der Waals surface area contributed by atoms with E-state index in [0.29, 0.717) is 12.0 Å². The number of nitrogens with one attached hydrogen (secondary N) is 1. The predicted molar refractivity (Wildman–Crippen MR) is 64.5 cm³/mol. The van der Waals surface area contributed by atoms with Crippen LogP contribution in [0.3, 0.4) is 0 Å². The zero-order valence-electron chi connectivity index (χ0n) is 10.1. The van der Waals surface area contributed by atoms with Gasteiger partial charge < -0.3 is 10.4 Å². The van der Waals surface area contributed by atoms with Crippen molar-refractivity contribution in [1.29, 1.82) is 0 Å². The second kappa shape index (κ2) is 6.74. The number of aliphatic carboxylic acids is 1. The Hall–Kier alpha value is -1.91. The minimum Gasteiger partial charge on any atom is -0.481 e. The highest BCUT2D eigenvalue weighted by Gasteiger charge is 2.11. The largest absolute Gasteiger partial charge is 0.481 e. The van der Waals surface area contributed by atoms with Crippen LogP contribution in [0.1, 0.15) is 18.9 Å². The summed E-state index contributed by atoms with van der Waals surface area (Å²) in [6.45, 7) is 1.85. The maximum absolute atomic E-state index is 13.2. The van der Waals surface area contributed by atoms with Crippen molar-refractivity contribution in [2.75, 3.05) is 6.54 Å². The van der Waals surface area contributed by atoms with E-state index in [1.54, 1.807) is 25.1 Å². The highest BCUT2D eigenvalue weighted by atomic mass is 19.1. The molecule has 0 radical (unpaired) electrons. The Morgan fingerprint density at radius 3 is 2.67 bits per heavy atom. The van der Waals surface area contributed by atoms with Crippen LogP contribution in [0.25, 0.3) is 0 Å². The molecule has 0 spiro atoms. The van der Waals surface area contributed by atoms with Gasteiger partial charge in [-0.2, -0.15) is 0 Å². The minimum atomic E-state index is -0.890. The number of halogens is 1. The lowest BCUT2D eigenvalue weighted by Gasteiger charge is -2.08. The lowest BCUT2D eigenvalue weighted by molar-refractivity contribution is -0.141. The van der Waals surface area contributed by atoms with Crippen molar-refractivity contribution in [1.82, 2.24) is 5.32 Å². The van der Waals surface area contributed by atoms with Crippen LogP contribution in [0.2, 0.25) is 0 Å². The number of rotatable bonds is 6. The third-order valence-electron chi connectivity index (χ3n) is 2.63. The van der Waals surface area contributed by atoms with Crippen LogP contribution < -0.4 is 5.32 Å². The SMILES string of the molecule is CC(CCNC(=O)Cc1ccccc1F)C(=O)O. The van der Waals surface area contributed by atoms with E-state index in [0.717, 1.165) is 0 Å². The van der Waals surface area contributed by atoms with Gasteiger partial charge in [0.05, 0.1) is 12.3 Å². The summed E-state index contributed by atoms with van der Waals surface area (Å²) in [4.78, 5) is 22.0. The number of hydrogen-bond donors (Lipinski definition) is 2. The Morgan fingerprint density at radius 1 is 1.39 bits per heavy atom. The van der Waals surface area contributed by atoms with Crippen LogP contribution in [0.4, 0.5) is 4.39 Å². The molecule has 0 saturated heterocycles. The summed E-state index contributed by atoms with van der Waals surface area (Å²) in [5, 5.41) is 11.2. The van der Waals surface area contributed by atoms with E-state index in [2.05, 4.69) is 5.32 Å². The maximum Gasteiger partial charge on any atom is 0.306 e. The molecule has 1 amide bonds. The highest BCUT2D eigenvalue weighted by Crippen LogP contribution is 2.07. The highest BCUT2D eigenvalue weighted by molar-refractivity contribution is 5.78. The number of benzene rings is 1. The normalized spacial score (nSPS) is 11.9. The monoisotopic (exact) mass is 253 g/mol. The van der Waals surface area contributed by atoms with Gasteiger partial charge >= 0.3 is 5.97 Å². The van der Waals surface area contributed by atoms with Gasteiger partial charge in [0.15, 0.2) is 0 Å². The minimum absolute atomic E-state index is 0.0336. The number of amides is 1. The fourth-order valence-electron chi connectivity index (χ4n) is 1.43. The molecule has 1 aromatic carbocycles. The molecule has 0 bridgehead atoms. The topological polar surface area (TPSA) is 66.4 Å². The molecule has 0 fully saturated rings. The number of carboxylic acids is 1. The first kappa shape index (κ1) is 14.2. The Kier molecular flexibility index (Phi) is 5.30. The molecular weight excluding hydrogens is 237 g/mol. The summed E-state index contributed by atoms with van der Waals surface area (Å²) in [5.41, 5.74) is 0.335. The van der Waals surface area contributed by atoms with E-state index in [1.807, 2.05) is 0 Å². The van der Waals surface area contributed by atoms with E-state index < -0.39 is 17.7 Å². The van der Waals surface area contributed by atoms with Gasteiger partial charge in [-0.25, -0.2) is 4.39 Å². The van der Waals surface area contributed by atoms with Gasteiger partial charge in [0.2, 0.25) is 5.91 Å². The molecule has 5 heteroatoms. The fourth-order valence-corrected chi connectivity index (χ4v) is 1.43.